The molecule has 0 aromatic heterocycles. The molecule has 0 saturated heterocycles. The molecule has 2 unspecified atom stereocenters. The highest BCUT2D eigenvalue weighted by molar-refractivity contribution is 6.10. The van der Waals surface area contributed by atoms with E-state index in [4.69, 9.17) is 18.9 Å². The molecule has 0 N–H and O–H groups in total. The van der Waals surface area contributed by atoms with Crippen molar-refractivity contribution in [2.75, 3.05) is 14.2 Å². The average molecular weight is 461 g/mol. The van der Waals surface area contributed by atoms with Crippen molar-refractivity contribution in [3.63, 3.8) is 0 Å². The lowest BCUT2D eigenvalue weighted by atomic mass is 9.79. The van der Waals surface area contributed by atoms with Gasteiger partial charge in [-0.05, 0) is 49.1 Å². The maximum absolute atomic E-state index is 13.7. The molecule has 8 heteroatoms. The van der Waals surface area contributed by atoms with E-state index >= 15 is 0 Å². The Morgan fingerprint density at radius 3 is 2.44 bits per heavy atom. The zero-order chi connectivity index (χ0) is 24.4. The van der Waals surface area contributed by atoms with Gasteiger partial charge in [0.05, 0.1) is 14.2 Å². The number of aryl methyl sites for hydroxylation is 2. The summed E-state index contributed by atoms with van der Waals surface area (Å²) >= 11 is 0. The predicted molar refractivity (Wildman–Crippen MR) is 120 cm³/mol. The first kappa shape index (κ1) is 21.9. The van der Waals surface area contributed by atoms with E-state index < -0.39 is 29.7 Å². The van der Waals surface area contributed by atoms with Crippen molar-refractivity contribution >= 4 is 24.0 Å². The van der Waals surface area contributed by atoms with E-state index in [1.165, 1.54) is 19.1 Å². The van der Waals surface area contributed by atoms with Crippen LogP contribution in [0.25, 0.3) is 6.08 Å². The summed E-state index contributed by atoms with van der Waals surface area (Å²) in [6, 6.07) is 9.36. The largest absolute Gasteiger partial charge is 0.465 e. The molecule has 3 aliphatic rings. The molecule has 2 atom stereocenters. The van der Waals surface area contributed by atoms with Crippen molar-refractivity contribution in [3.8, 4) is 5.75 Å². The number of rotatable bonds is 2. The highest BCUT2D eigenvalue weighted by Gasteiger charge is 2.64. The van der Waals surface area contributed by atoms with Crippen molar-refractivity contribution < 1.29 is 33.3 Å². The van der Waals surface area contributed by atoms with Crippen molar-refractivity contribution in [3.05, 3.63) is 81.2 Å². The molecule has 0 bridgehead atoms. The number of hydrogen-bond acceptors (Lipinski definition) is 8. The first-order valence-electron chi connectivity index (χ1n) is 10.7. The summed E-state index contributed by atoms with van der Waals surface area (Å²) in [5.41, 5.74) is 1.86. The molecular weight excluding hydrogens is 438 g/mol. The van der Waals surface area contributed by atoms with Crippen LogP contribution in [0.5, 0.6) is 5.75 Å². The fourth-order valence-electron chi connectivity index (χ4n) is 4.97. The van der Waals surface area contributed by atoms with E-state index in [2.05, 4.69) is 0 Å². The van der Waals surface area contributed by atoms with Gasteiger partial charge in [-0.15, -0.1) is 0 Å². The van der Waals surface area contributed by atoms with Crippen LogP contribution in [0.3, 0.4) is 0 Å². The van der Waals surface area contributed by atoms with Crippen molar-refractivity contribution in [1.82, 2.24) is 4.90 Å². The third-order valence-corrected chi connectivity index (χ3v) is 6.65. The summed E-state index contributed by atoms with van der Waals surface area (Å²) < 4.78 is 22.5. The molecule has 0 fully saturated rings. The molecular formula is C26H23NO7. The van der Waals surface area contributed by atoms with Crippen molar-refractivity contribution in [1.29, 1.82) is 0 Å². The molecule has 5 rings (SSSR count). The highest BCUT2D eigenvalue weighted by Crippen LogP contribution is 2.56. The molecule has 0 amide bonds. The lowest BCUT2D eigenvalue weighted by molar-refractivity contribution is -0.185. The van der Waals surface area contributed by atoms with Crippen LogP contribution in [0.4, 0.5) is 0 Å². The Bertz CT molecular complexity index is 1340. The van der Waals surface area contributed by atoms with Gasteiger partial charge in [0.25, 0.3) is 0 Å². The Morgan fingerprint density at radius 2 is 1.74 bits per heavy atom. The Hall–Kier alpha value is -3.91. The SMILES string of the molecule is COC(=O)C1=C(C(=O)OC)C2(OC3c4ccccc4C=CN13)C(=O)Oc1c(C)c(C)cc(C)c12. The zero-order valence-electron chi connectivity index (χ0n) is 19.4. The normalized spacial score (nSPS) is 22.2. The monoisotopic (exact) mass is 461 g/mol. The number of esters is 3. The number of carbonyl (C=O) groups is 3. The predicted octanol–water partition coefficient (Wildman–Crippen LogP) is 3.34. The number of benzene rings is 2. The number of hydrogen-bond donors (Lipinski definition) is 0. The van der Waals surface area contributed by atoms with Crippen molar-refractivity contribution in [2.45, 2.75) is 32.6 Å². The van der Waals surface area contributed by atoms with Gasteiger partial charge in [0.2, 0.25) is 5.60 Å². The molecule has 0 saturated carbocycles. The Labute approximate surface area is 196 Å². The van der Waals surface area contributed by atoms with Crippen LogP contribution in [0, 0.1) is 20.8 Å². The summed E-state index contributed by atoms with van der Waals surface area (Å²) in [5, 5.41) is 0. The molecule has 1 spiro atoms. The van der Waals surface area contributed by atoms with Gasteiger partial charge in [0.1, 0.15) is 17.0 Å². The Balaban J connectivity index is 1.92. The van der Waals surface area contributed by atoms with Gasteiger partial charge in [0.15, 0.2) is 6.23 Å². The van der Waals surface area contributed by atoms with Gasteiger partial charge >= 0.3 is 17.9 Å². The fraction of sp³-hybridized carbons (Fsp3) is 0.269. The summed E-state index contributed by atoms with van der Waals surface area (Å²) in [4.78, 5) is 41.6. The number of carbonyl (C=O) groups excluding carboxylic acids is 3. The summed E-state index contributed by atoms with van der Waals surface area (Å²) in [6.45, 7) is 5.55. The summed E-state index contributed by atoms with van der Waals surface area (Å²) in [5.74, 6) is -2.19. The molecule has 0 aliphatic carbocycles. The van der Waals surface area contributed by atoms with E-state index in [1.54, 1.807) is 12.3 Å². The van der Waals surface area contributed by atoms with Crippen LogP contribution in [-0.2, 0) is 34.2 Å². The number of methoxy groups -OCH3 is 2. The standard InChI is InChI=1S/C26H23NO7/c1-13-12-14(2)18-21(15(13)3)33-25(30)26(18)19(23(28)31-4)20(24(29)32-5)27-11-10-16-8-6-7-9-17(16)22(27)34-26/h6-12,22H,1-5H3. The minimum absolute atomic E-state index is 0.140. The molecule has 3 heterocycles. The van der Waals surface area contributed by atoms with Crippen LogP contribution in [0.2, 0.25) is 0 Å². The van der Waals surface area contributed by atoms with Crippen LogP contribution in [-0.4, -0.2) is 37.0 Å². The Kier molecular flexibility index (Phi) is 4.87. The second-order valence-corrected chi connectivity index (χ2v) is 8.44. The van der Waals surface area contributed by atoms with Gasteiger partial charge in [-0.2, -0.15) is 0 Å². The van der Waals surface area contributed by atoms with Crippen LogP contribution in [0.1, 0.15) is 39.6 Å². The fourth-order valence-corrected chi connectivity index (χ4v) is 4.97. The molecule has 174 valence electrons. The summed E-state index contributed by atoms with van der Waals surface area (Å²) in [7, 11) is 2.39. The van der Waals surface area contributed by atoms with Crippen molar-refractivity contribution in [2.24, 2.45) is 0 Å². The third-order valence-electron chi connectivity index (χ3n) is 6.65. The van der Waals surface area contributed by atoms with E-state index in [9.17, 15) is 14.4 Å². The topological polar surface area (TPSA) is 91.4 Å². The second kappa shape index (κ2) is 7.56. The quantitative estimate of drug-likeness (QED) is 0.497. The first-order valence-corrected chi connectivity index (χ1v) is 10.7. The Morgan fingerprint density at radius 1 is 1.03 bits per heavy atom. The minimum Gasteiger partial charge on any atom is -0.465 e. The van der Waals surface area contributed by atoms with Gasteiger partial charge in [-0.1, -0.05) is 30.3 Å². The van der Waals surface area contributed by atoms with E-state index in [1.807, 2.05) is 51.1 Å². The van der Waals surface area contributed by atoms with Crippen LogP contribution < -0.4 is 4.74 Å². The lowest BCUT2D eigenvalue weighted by Crippen LogP contribution is -2.52. The minimum atomic E-state index is -2.02. The lowest BCUT2D eigenvalue weighted by Gasteiger charge is -2.45. The molecule has 8 nitrogen and oxygen atoms in total. The smallest absolute Gasteiger partial charge is 0.355 e. The molecule has 2 aromatic rings. The third kappa shape index (κ3) is 2.72. The first-order chi connectivity index (χ1) is 16.3. The van der Waals surface area contributed by atoms with Gasteiger partial charge < -0.3 is 23.8 Å². The maximum Gasteiger partial charge on any atom is 0.355 e. The van der Waals surface area contributed by atoms with E-state index in [0.717, 1.165) is 22.3 Å². The molecule has 0 radical (unpaired) electrons. The number of nitrogens with zero attached hydrogens (tertiary/aromatic N) is 1. The maximum atomic E-state index is 13.7. The van der Waals surface area contributed by atoms with Crippen LogP contribution in [0.15, 0.2) is 47.8 Å². The molecule has 3 aliphatic heterocycles. The van der Waals surface area contributed by atoms with Crippen LogP contribution >= 0.6 is 0 Å². The van der Waals surface area contributed by atoms with Gasteiger partial charge in [-0.25, -0.2) is 14.4 Å². The zero-order valence-corrected chi connectivity index (χ0v) is 19.4. The number of fused-ring (bicyclic) bond motifs is 5. The molecule has 2 aromatic carbocycles. The second-order valence-electron chi connectivity index (χ2n) is 8.44. The van der Waals surface area contributed by atoms with E-state index in [-0.39, 0.29) is 11.3 Å². The highest BCUT2D eigenvalue weighted by atomic mass is 16.6. The molecule has 34 heavy (non-hydrogen) atoms. The van der Waals surface area contributed by atoms with E-state index in [0.29, 0.717) is 16.9 Å². The number of ether oxygens (including phenoxy) is 4. The van der Waals surface area contributed by atoms with Gasteiger partial charge in [0, 0.05) is 17.3 Å². The average Bonchev–Trinajstić information content (AvgIpc) is 3.13. The van der Waals surface area contributed by atoms with Gasteiger partial charge in [-0.3, -0.25) is 0 Å². The summed E-state index contributed by atoms with van der Waals surface area (Å²) in [6.07, 6.45) is 2.52.